The molecule has 1 amide bonds. The Labute approximate surface area is 191 Å². The van der Waals surface area contributed by atoms with Crippen LogP contribution in [-0.4, -0.2) is 18.6 Å². The Hall–Kier alpha value is -3.33. The number of para-hydroxylation sites is 1. The number of amides is 1. The van der Waals surface area contributed by atoms with Gasteiger partial charge in [0.05, 0.1) is 7.11 Å². The van der Waals surface area contributed by atoms with E-state index in [0.29, 0.717) is 0 Å². The number of fused-ring (bicyclic) bond motifs is 1. The van der Waals surface area contributed by atoms with Gasteiger partial charge < -0.3 is 9.64 Å². The van der Waals surface area contributed by atoms with Crippen LogP contribution in [0.15, 0.2) is 78.9 Å². The van der Waals surface area contributed by atoms with Gasteiger partial charge in [0.1, 0.15) is 5.75 Å². The van der Waals surface area contributed by atoms with Crippen molar-refractivity contribution < 1.29 is 9.53 Å². The lowest BCUT2D eigenvalue weighted by Crippen LogP contribution is -2.55. The highest BCUT2D eigenvalue weighted by Gasteiger charge is 2.47. The van der Waals surface area contributed by atoms with E-state index in [4.69, 9.17) is 4.74 Å². The Bertz CT molecular complexity index is 1140. The van der Waals surface area contributed by atoms with E-state index in [9.17, 15) is 4.79 Å². The predicted octanol–water partition coefficient (Wildman–Crippen LogP) is 6.54. The fourth-order valence-corrected chi connectivity index (χ4v) is 5.05. The molecule has 4 rings (SSSR count). The van der Waals surface area contributed by atoms with Crippen molar-refractivity contribution in [1.82, 2.24) is 0 Å². The zero-order valence-electron chi connectivity index (χ0n) is 19.6. The van der Waals surface area contributed by atoms with Gasteiger partial charge >= 0.3 is 0 Å². The van der Waals surface area contributed by atoms with Gasteiger partial charge in [-0.25, -0.2) is 0 Å². The minimum atomic E-state index is -0.363. The number of carbonyl (C=O) groups is 1. The number of rotatable bonds is 4. The molecule has 0 unspecified atom stereocenters. The summed E-state index contributed by atoms with van der Waals surface area (Å²) < 4.78 is 5.36. The Kier molecular flexibility index (Phi) is 5.68. The molecule has 0 aromatic heterocycles. The molecule has 0 spiro atoms. The minimum Gasteiger partial charge on any atom is -0.497 e. The largest absolute Gasteiger partial charge is 0.497 e. The second-order valence-electron chi connectivity index (χ2n) is 9.48. The minimum absolute atomic E-state index is 0.000180. The van der Waals surface area contributed by atoms with E-state index in [1.54, 1.807) is 13.2 Å². The van der Waals surface area contributed by atoms with Gasteiger partial charge in [0.25, 0.3) is 5.91 Å². The first-order valence-electron chi connectivity index (χ1n) is 11.1. The topological polar surface area (TPSA) is 29.5 Å². The number of benzene rings is 3. The molecule has 3 aromatic rings. The van der Waals surface area contributed by atoms with Crippen LogP contribution < -0.4 is 9.64 Å². The second kappa shape index (κ2) is 8.31. The van der Waals surface area contributed by atoms with Gasteiger partial charge in [-0.1, -0.05) is 67.1 Å². The highest BCUT2D eigenvalue weighted by atomic mass is 16.5. The zero-order chi connectivity index (χ0) is 22.9. The molecular weight excluding hydrogens is 394 g/mol. The van der Waals surface area contributed by atoms with Crippen LogP contribution in [0.5, 0.6) is 5.75 Å². The Morgan fingerprint density at radius 1 is 0.938 bits per heavy atom. The maximum absolute atomic E-state index is 13.5. The molecule has 0 bridgehead atoms. The van der Waals surface area contributed by atoms with Crippen molar-refractivity contribution in [2.45, 2.75) is 45.1 Å². The monoisotopic (exact) mass is 425 g/mol. The molecular formula is C29H31NO2. The second-order valence-corrected chi connectivity index (χ2v) is 9.48. The number of hydrogen-bond donors (Lipinski definition) is 0. The maximum atomic E-state index is 13.5. The van der Waals surface area contributed by atoms with Crippen LogP contribution in [0.1, 0.15) is 49.4 Å². The fraction of sp³-hybridized carbons (Fsp3) is 0.276. The van der Waals surface area contributed by atoms with Crippen LogP contribution in [-0.2, 0) is 10.2 Å². The lowest BCUT2D eigenvalue weighted by atomic mass is 9.65. The molecule has 0 N–H and O–H groups in total. The SMILES string of the molecule is COc1ccc([C@]2(C)CC(C)(C)N(C(=O)/C=C/c3ccc(C)cc3)c3ccccc32)cc1. The summed E-state index contributed by atoms with van der Waals surface area (Å²) in [5.41, 5.74) is 5.01. The van der Waals surface area contributed by atoms with Gasteiger partial charge in [-0.3, -0.25) is 4.79 Å². The molecule has 3 aromatic carbocycles. The van der Waals surface area contributed by atoms with Crippen LogP contribution in [0.3, 0.4) is 0 Å². The first kappa shape index (κ1) is 21.9. The summed E-state index contributed by atoms with van der Waals surface area (Å²) in [7, 11) is 1.68. The molecule has 1 aliphatic rings. The molecule has 1 aliphatic heterocycles. The van der Waals surface area contributed by atoms with E-state index in [2.05, 4.69) is 70.2 Å². The average molecular weight is 426 g/mol. The third-order valence-corrected chi connectivity index (χ3v) is 6.57. The quantitative estimate of drug-likeness (QED) is 0.444. The van der Waals surface area contributed by atoms with Crippen molar-refractivity contribution in [3.05, 3.63) is 101 Å². The molecule has 0 radical (unpaired) electrons. The molecule has 0 fully saturated rings. The molecule has 1 heterocycles. The van der Waals surface area contributed by atoms with Crippen LogP contribution in [0.2, 0.25) is 0 Å². The van der Waals surface area contributed by atoms with Gasteiger partial charge in [-0.2, -0.15) is 0 Å². The van der Waals surface area contributed by atoms with E-state index < -0.39 is 0 Å². The lowest BCUT2D eigenvalue weighted by molar-refractivity contribution is -0.115. The van der Waals surface area contributed by atoms with E-state index in [1.807, 2.05) is 41.3 Å². The molecule has 32 heavy (non-hydrogen) atoms. The number of carbonyl (C=O) groups excluding carboxylic acids is 1. The first-order chi connectivity index (χ1) is 15.2. The number of nitrogens with zero attached hydrogens (tertiary/aromatic N) is 1. The molecule has 3 heteroatoms. The first-order valence-corrected chi connectivity index (χ1v) is 11.1. The third-order valence-electron chi connectivity index (χ3n) is 6.57. The molecule has 0 saturated heterocycles. The number of aryl methyl sites for hydroxylation is 1. The van der Waals surface area contributed by atoms with Crippen LogP contribution in [0.25, 0.3) is 6.08 Å². The van der Waals surface area contributed by atoms with Crippen LogP contribution >= 0.6 is 0 Å². The summed E-state index contributed by atoms with van der Waals surface area (Å²) in [6, 6.07) is 24.8. The van der Waals surface area contributed by atoms with Gasteiger partial charge in [-0.05, 0) is 68.2 Å². The van der Waals surface area contributed by atoms with Crippen LogP contribution in [0.4, 0.5) is 5.69 Å². The Morgan fingerprint density at radius 3 is 2.25 bits per heavy atom. The van der Waals surface area contributed by atoms with Gasteiger partial charge in [0.2, 0.25) is 0 Å². The summed E-state index contributed by atoms with van der Waals surface area (Å²) >= 11 is 0. The predicted molar refractivity (Wildman–Crippen MR) is 132 cm³/mol. The zero-order valence-corrected chi connectivity index (χ0v) is 19.6. The smallest absolute Gasteiger partial charge is 0.251 e. The number of methoxy groups -OCH3 is 1. The summed E-state index contributed by atoms with van der Waals surface area (Å²) in [5, 5.41) is 0. The highest BCUT2D eigenvalue weighted by molar-refractivity contribution is 6.06. The van der Waals surface area contributed by atoms with Crippen molar-refractivity contribution in [3.63, 3.8) is 0 Å². The molecule has 1 atom stereocenters. The van der Waals surface area contributed by atoms with E-state index in [-0.39, 0.29) is 16.9 Å². The lowest BCUT2D eigenvalue weighted by Gasteiger charge is -2.51. The van der Waals surface area contributed by atoms with Crippen molar-refractivity contribution in [2.75, 3.05) is 12.0 Å². The van der Waals surface area contributed by atoms with Crippen molar-refractivity contribution in [2.24, 2.45) is 0 Å². The molecule has 3 nitrogen and oxygen atoms in total. The van der Waals surface area contributed by atoms with Gasteiger partial charge in [-0.15, -0.1) is 0 Å². The van der Waals surface area contributed by atoms with E-state index in [1.165, 1.54) is 16.7 Å². The maximum Gasteiger partial charge on any atom is 0.251 e. The normalized spacial score (nSPS) is 19.6. The van der Waals surface area contributed by atoms with Crippen molar-refractivity contribution in [3.8, 4) is 5.75 Å². The number of anilines is 1. The summed E-state index contributed by atoms with van der Waals surface area (Å²) in [4.78, 5) is 15.4. The fourth-order valence-electron chi connectivity index (χ4n) is 5.05. The number of ether oxygens (including phenoxy) is 1. The summed E-state index contributed by atoms with van der Waals surface area (Å²) in [6.07, 6.45) is 4.41. The van der Waals surface area contributed by atoms with Crippen molar-refractivity contribution >= 4 is 17.7 Å². The molecule has 0 aliphatic carbocycles. The van der Waals surface area contributed by atoms with Crippen molar-refractivity contribution in [1.29, 1.82) is 0 Å². The summed E-state index contributed by atoms with van der Waals surface area (Å²) in [5.74, 6) is 0.846. The molecule has 164 valence electrons. The Balaban J connectivity index is 1.74. The van der Waals surface area contributed by atoms with Gasteiger partial charge in [0.15, 0.2) is 0 Å². The molecule has 0 saturated carbocycles. The van der Waals surface area contributed by atoms with E-state index >= 15 is 0 Å². The third kappa shape index (κ3) is 3.95. The number of hydrogen-bond acceptors (Lipinski definition) is 2. The van der Waals surface area contributed by atoms with E-state index in [0.717, 1.165) is 23.4 Å². The summed E-state index contributed by atoms with van der Waals surface area (Å²) in [6.45, 7) is 8.65. The average Bonchev–Trinajstić information content (AvgIpc) is 2.78. The standard InChI is InChI=1S/C29H31NO2/c1-21-10-12-22(13-11-21)14-19-27(31)30-26-9-7-6-8-25(26)29(4,20-28(30,2)3)23-15-17-24(32-5)18-16-23/h6-19H,20H2,1-5H3/b19-14+/t29-/m0/s1. The van der Waals surface area contributed by atoms with Gasteiger partial charge in [0, 0.05) is 22.7 Å². The Morgan fingerprint density at radius 2 is 1.59 bits per heavy atom. The van der Waals surface area contributed by atoms with Crippen LogP contribution in [0, 0.1) is 6.92 Å². The highest BCUT2D eigenvalue weighted by Crippen LogP contribution is 2.50.